The monoisotopic (exact) mass is 521 g/mol. The Bertz CT molecular complexity index is 979. The molecule has 4 aliphatic rings. The van der Waals surface area contributed by atoms with Crippen molar-refractivity contribution >= 4 is 17.5 Å². The van der Waals surface area contributed by atoms with E-state index in [1.54, 1.807) is 12.1 Å². The molecule has 0 aliphatic carbocycles. The van der Waals surface area contributed by atoms with Crippen molar-refractivity contribution in [3.05, 3.63) is 29.6 Å². The molecular formula is C27H38F3N5O2. The van der Waals surface area contributed by atoms with Crippen molar-refractivity contribution < 1.29 is 22.8 Å². The van der Waals surface area contributed by atoms with E-state index in [9.17, 15) is 9.59 Å². The van der Waals surface area contributed by atoms with E-state index in [-0.39, 0.29) is 30.6 Å². The van der Waals surface area contributed by atoms with Gasteiger partial charge in [0, 0.05) is 25.2 Å². The molecule has 4 heterocycles. The summed E-state index contributed by atoms with van der Waals surface area (Å²) in [5.74, 6) is -3.31. The molecule has 2 amide bonds. The highest BCUT2D eigenvalue weighted by Crippen LogP contribution is 2.37. The van der Waals surface area contributed by atoms with Crippen LogP contribution in [0.5, 0.6) is 0 Å². The van der Waals surface area contributed by atoms with E-state index in [0.717, 1.165) is 32.5 Å². The number of hydrogen-bond donors (Lipinski definition) is 3. The van der Waals surface area contributed by atoms with Gasteiger partial charge in [-0.1, -0.05) is 6.07 Å². The lowest BCUT2D eigenvalue weighted by atomic mass is 9.86. The van der Waals surface area contributed by atoms with Crippen LogP contribution in [0.2, 0.25) is 0 Å². The maximum atomic E-state index is 15.2. The molecule has 1 aromatic rings. The number of carbonyl (C=O) groups is 2. The highest BCUT2D eigenvalue weighted by atomic mass is 19.3. The van der Waals surface area contributed by atoms with Gasteiger partial charge in [-0.05, 0) is 94.2 Å². The molecule has 10 heteroatoms. The third kappa shape index (κ3) is 6.29. The molecule has 0 radical (unpaired) electrons. The maximum Gasteiger partial charge on any atom is 0.275 e. The van der Waals surface area contributed by atoms with E-state index in [2.05, 4.69) is 16.0 Å². The van der Waals surface area contributed by atoms with Crippen molar-refractivity contribution in [2.45, 2.75) is 68.9 Å². The summed E-state index contributed by atoms with van der Waals surface area (Å²) in [6, 6.07) is 3.55. The Kier molecular flexibility index (Phi) is 8.07. The van der Waals surface area contributed by atoms with Crippen LogP contribution < -0.4 is 16.0 Å². The van der Waals surface area contributed by atoms with Crippen LogP contribution in [0.1, 0.15) is 56.4 Å². The predicted molar refractivity (Wildman–Crippen MR) is 135 cm³/mol. The summed E-state index contributed by atoms with van der Waals surface area (Å²) >= 11 is 0. The Hall–Kier alpha value is -2.17. The van der Waals surface area contributed by atoms with Crippen molar-refractivity contribution in [1.29, 1.82) is 0 Å². The SMILES string of the molecule is O=C1CCC(Nc2ccc(C3CCN(C4CCN(CC5CCNCC5)CC4(F)F)CC3)c(F)c2)C(=O)N1. The van der Waals surface area contributed by atoms with Crippen LogP contribution in [-0.4, -0.2) is 85.4 Å². The van der Waals surface area contributed by atoms with Gasteiger partial charge in [0.25, 0.3) is 5.92 Å². The fraction of sp³-hybridized carbons (Fsp3) is 0.704. The van der Waals surface area contributed by atoms with Gasteiger partial charge in [0.2, 0.25) is 11.8 Å². The van der Waals surface area contributed by atoms with E-state index in [1.165, 1.54) is 6.07 Å². The number of piperidine rings is 4. The van der Waals surface area contributed by atoms with E-state index in [4.69, 9.17) is 0 Å². The van der Waals surface area contributed by atoms with Gasteiger partial charge < -0.3 is 10.6 Å². The molecule has 4 aliphatic heterocycles. The quantitative estimate of drug-likeness (QED) is 0.500. The number of nitrogens with one attached hydrogen (secondary N) is 3. The van der Waals surface area contributed by atoms with Crippen LogP contribution in [0.4, 0.5) is 18.9 Å². The average molecular weight is 522 g/mol. The Morgan fingerprint density at radius 2 is 1.76 bits per heavy atom. The third-order valence-electron chi connectivity index (χ3n) is 8.61. The van der Waals surface area contributed by atoms with Gasteiger partial charge in [0.1, 0.15) is 11.9 Å². The zero-order valence-corrected chi connectivity index (χ0v) is 21.3. The number of imide groups is 1. The van der Waals surface area contributed by atoms with Gasteiger partial charge in [-0.15, -0.1) is 0 Å². The molecular weight excluding hydrogens is 483 g/mol. The summed E-state index contributed by atoms with van der Waals surface area (Å²) in [6.45, 7) is 4.33. The summed E-state index contributed by atoms with van der Waals surface area (Å²) in [7, 11) is 0. The minimum absolute atomic E-state index is 0.0190. The minimum atomic E-state index is -2.74. The number of anilines is 1. The van der Waals surface area contributed by atoms with Crippen molar-refractivity contribution in [3.8, 4) is 0 Å². The third-order valence-corrected chi connectivity index (χ3v) is 8.61. The minimum Gasteiger partial charge on any atom is -0.374 e. The van der Waals surface area contributed by atoms with Crippen molar-refractivity contribution in [1.82, 2.24) is 20.4 Å². The summed E-state index contributed by atoms with van der Waals surface area (Å²) < 4.78 is 45.5. The topological polar surface area (TPSA) is 76.7 Å². The Balaban J connectivity index is 1.13. The van der Waals surface area contributed by atoms with Gasteiger partial charge in [-0.25, -0.2) is 13.2 Å². The number of likely N-dealkylation sites (tertiary alicyclic amines) is 2. The lowest BCUT2D eigenvalue weighted by Gasteiger charge is -2.46. The summed E-state index contributed by atoms with van der Waals surface area (Å²) in [5.41, 5.74) is 1.08. The van der Waals surface area contributed by atoms with Crippen LogP contribution in [0.25, 0.3) is 0 Å². The van der Waals surface area contributed by atoms with Gasteiger partial charge in [0.05, 0.1) is 12.6 Å². The highest BCUT2D eigenvalue weighted by molar-refractivity contribution is 6.01. The van der Waals surface area contributed by atoms with E-state index < -0.39 is 23.9 Å². The molecule has 0 spiro atoms. The van der Waals surface area contributed by atoms with Gasteiger partial charge in [-0.3, -0.25) is 24.7 Å². The molecule has 7 nitrogen and oxygen atoms in total. The van der Waals surface area contributed by atoms with E-state index >= 15 is 13.2 Å². The molecule has 204 valence electrons. The molecule has 0 bridgehead atoms. The van der Waals surface area contributed by atoms with Gasteiger partial charge >= 0.3 is 0 Å². The largest absolute Gasteiger partial charge is 0.374 e. The van der Waals surface area contributed by atoms with Gasteiger partial charge in [0.15, 0.2) is 0 Å². The van der Waals surface area contributed by atoms with Crippen LogP contribution in [-0.2, 0) is 9.59 Å². The predicted octanol–water partition coefficient (Wildman–Crippen LogP) is 2.93. The second kappa shape index (κ2) is 11.3. The smallest absolute Gasteiger partial charge is 0.275 e. The lowest BCUT2D eigenvalue weighted by Crippen LogP contribution is -2.60. The molecule has 2 unspecified atom stereocenters. The van der Waals surface area contributed by atoms with Crippen LogP contribution in [0.3, 0.4) is 0 Å². The first kappa shape index (κ1) is 26.4. The number of carbonyl (C=O) groups excluding carboxylic acids is 2. The maximum absolute atomic E-state index is 15.2. The molecule has 2 atom stereocenters. The lowest BCUT2D eigenvalue weighted by molar-refractivity contribution is -0.134. The van der Waals surface area contributed by atoms with Crippen molar-refractivity contribution in [3.63, 3.8) is 0 Å². The van der Waals surface area contributed by atoms with Crippen LogP contribution >= 0.6 is 0 Å². The molecule has 5 rings (SSSR count). The second-order valence-corrected chi connectivity index (χ2v) is 11.2. The molecule has 3 N–H and O–H groups in total. The number of benzene rings is 1. The summed E-state index contributed by atoms with van der Waals surface area (Å²) in [4.78, 5) is 27.2. The normalized spacial score (nSPS) is 28.7. The van der Waals surface area contributed by atoms with E-state index in [1.807, 2.05) is 9.80 Å². The summed E-state index contributed by atoms with van der Waals surface area (Å²) in [5, 5.41) is 8.63. The fourth-order valence-corrected chi connectivity index (χ4v) is 6.54. The number of amides is 2. The second-order valence-electron chi connectivity index (χ2n) is 11.2. The number of alkyl halides is 2. The molecule has 37 heavy (non-hydrogen) atoms. The molecule has 4 saturated heterocycles. The van der Waals surface area contributed by atoms with Crippen LogP contribution in [0.15, 0.2) is 18.2 Å². The zero-order valence-electron chi connectivity index (χ0n) is 21.3. The standard InChI is InChI=1S/C27H38F3N5O2/c28-22-15-20(32-23-3-4-25(36)33-26(23)37)1-2-21(22)19-7-13-35(14-8-19)24-9-12-34(17-27(24,29)30)16-18-5-10-31-11-6-18/h1-2,15,18-19,23-24,31-32H,3-14,16-17H2,(H,33,36,37). The molecule has 0 saturated carbocycles. The van der Waals surface area contributed by atoms with Crippen LogP contribution in [0, 0.1) is 11.7 Å². The molecule has 0 aromatic heterocycles. The number of rotatable bonds is 6. The number of hydrogen-bond acceptors (Lipinski definition) is 6. The Morgan fingerprint density at radius 1 is 1.00 bits per heavy atom. The number of halogens is 3. The molecule has 1 aromatic carbocycles. The first-order valence-corrected chi connectivity index (χ1v) is 13.7. The Morgan fingerprint density at radius 3 is 2.43 bits per heavy atom. The highest BCUT2D eigenvalue weighted by Gasteiger charge is 2.48. The Labute approximate surface area is 216 Å². The average Bonchev–Trinajstić information content (AvgIpc) is 2.86. The summed E-state index contributed by atoms with van der Waals surface area (Å²) in [6.07, 6.45) is 4.49. The zero-order chi connectivity index (χ0) is 26.0. The first-order chi connectivity index (χ1) is 17.8. The number of nitrogens with zero attached hydrogens (tertiary/aromatic N) is 2. The van der Waals surface area contributed by atoms with Crippen molar-refractivity contribution in [2.24, 2.45) is 5.92 Å². The fourth-order valence-electron chi connectivity index (χ4n) is 6.54. The molecule has 4 fully saturated rings. The first-order valence-electron chi connectivity index (χ1n) is 13.7. The van der Waals surface area contributed by atoms with Crippen molar-refractivity contribution in [2.75, 3.05) is 51.1 Å². The van der Waals surface area contributed by atoms with Gasteiger partial charge in [-0.2, -0.15) is 0 Å². The van der Waals surface area contributed by atoms with E-state index in [0.29, 0.717) is 62.5 Å².